The lowest BCUT2D eigenvalue weighted by Gasteiger charge is -2.10. The predicted octanol–water partition coefficient (Wildman–Crippen LogP) is 3.24. The highest BCUT2D eigenvalue weighted by Gasteiger charge is 2.24. The minimum Gasteiger partial charge on any atom is -0.494 e. The van der Waals surface area contributed by atoms with Crippen molar-refractivity contribution >= 4 is 40.5 Å². The number of aromatic nitrogens is 3. The average Bonchev–Trinajstić information content (AvgIpc) is 2.96. The van der Waals surface area contributed by atoms with Crippen molar-refractivity contribution in [2.45, 2.75) is 31.8 Å². The van der Waals surface area contributed by atoms with E-state index in [1.165, 1.54) is 14.0 Å². The molecule has 0 aliphatic heterocycles. The molecular weight excluding hydrogens is 362 g/mol. The van der Waals surface area contributed by atoms with Crippen LogP contribution in [0.2, 0.25) is 5.02 Å². The highest BCUT2D eigenvalue weighted by atomic mass is 35.5. The van der Waals surface area contributed by atoms with E-state index in [-0.39, 0.29) is 27.8 Å². The third-order valence-electron chi connectivity index (χ3n) is 3.46. The molecule has 25 heavy (non-hydrogen) atoms. The fraction of sp³-hybridized carbons (Fsp3) is 0.375. The number of nitrogens with one attached hydrogen (secondary N) is 2. The fourth-order valence-electron chi connectivity index (χ4n) is 2.20. The monoisotopic (exact) mass is 381 g/mol. The number of nitrogens with zero attached hydrogens (tertiary/aromatic N) is 3. The van der Waals surface area contributed by atoms with Gasteiger partial charge < -0.3 is 15.8 Å². The molecule has 0 fully saturated rings. The van der Waals surface area contributed by atoms with Crippen LogP contribution in [-0.2, 0) is 5.75 Å². The van der Waals surface area contributed by atoms with Crippen LogP contribution >= 0.6 is 23.4 Å². The molecule has 0 amide bonds. The number of pyridine rings is 1. The van der Waals surface area contributed by atoms with Crippen LogP contribution in [-0.4, -0.2) is 43.5 Å². The first-order valence-electron chi connectivity index (χ1n) is 7.62. The van der Waals surface area contributed by atoms with E-state index < -0.39 is 5.78 Å². The quantitative estimate of drug-likeness (QED) is 0.294. The van der Waals surface area contributed by atoms with Crippen molar-refractivity contribution in [3.05, 3.63) is 40.1 Å². The molecule has 0 radical (unpaired) electrons. The normalized spacial score (nSPS) is 12.4. The Morgan fingerprint density at radius 3 is 2.72 bits per heavy atom. The fourth-order valence-corrected chi connectivity index (χ4v) is 3.16. The lowest BCUT2D eigenvalue weighted by Crippen LogP contribution is -2.19. The largest absolute Gasteiger partial charge is 0.494 e. The van der Waals surface area contributed by atoms with Gasteiger partial charge in [0.05, 0.1) is 10.8 Å². The van der Waals surface area contributed by atoms with Crippen molar-refractivity contribution in [2.75, 3.05) is 7.05 Å². The summed E-state index contributed by atoms with van der Waals surface area (Å²) in [5.41, 5.74) is 0.331. The molecule has 9 heteroatoms. The zero-order valence-corrected chi connectivity index (χ0v) is 16.0. The Morgan fingerprint density at radius 1 is 1.48 bits per heavy atom. The van der Waals surface area contributed by atoms with Crippen LogP contribution < -0.4 is 5.32 Å². The van der Waals surface area contributed by atoms with Crippen molar-refractivity contribution in [1.82, 2.24) is 19.9 Å². The van der Waals surface area contributed by atoms with E-state index in [1.54, 1.807) is 28.4 Å². The van der Waals surface area contributed by atoms with Gasteiger partial charge in [-0.05, 0) is 18.2 Å². The van der Waals surface area contributed by atoms with Gasteiger partial charge in [0.1, 0.15) is 11.4 Å². The summed E-state index contributed by atoms with van der Waals surface area (Å²) in [6.07, 6.45) is 1.68. The summed E-state index contributed by atoms with van der Waals surface area (Å²) >= 11 is 8.09. The Balaban J connectivity index is 2.49. The number of allylic oxidation sites excluding steroid dienone is 1. The molecule has 3 N–H and O–H groups in total. The van der Waals surface area contributed by atoms with Gasteiger partial charge in [0.15, 0.2) is 11.5 Å². The molecule has 0 aromatic carbocycles. The molecule has 7 nitrogen and oxygen atoms in total. The van der Waals surface area contributed by atoms with Gasteiger partial charge in [-0.1, -0.05) is 25.4 Å². The van der Waals surface area contributed by atoms with E-state index in [4.69, 9.17) is 17.0 Å². The minimum absolute atomic E-state index is 0.0664. The zero-order chi connectivity index (χ0) is 18.7. The summed E-state index contributed by atoms with van der Waals surface area (Å²) in [6.45, 7) is 5.62. The Morgan fingerprint density at radius 2 is 2.16 bits per heavy atom. The zero-order valence-electron chi connectivity index (χ0n) is 14.4. The Labute approximate surface area is 155 Å². The molecule has 0 atom stereocenters. The number of halogens is 1. The molecule has 0 saturated heterocycles. The van der Waals surface area contributed by atoms with Crippen molar-refractivity contribution in [1.29, 1.82) is 5.41 Å². The van der Waals surface area contributed by atoms with Gasteiger partial charge in [0, 0.05) is 24.5 Å². The SMILES string of the molecule is CN/C(O)=C(\C(C)=N)C(=O)c1ccn2c(CSC(C)C)nnc2c1Cl. The van der Waals surface area contributed by atoms with Gasteiger partial charge in [0.25, 0.3) is 0 Å². The number of aliphatic hydroxyl groups is 1. The smallest absolute Gasteiger partial charge is 0.201 e. The molecule has 2 aromatic heterocycles. The van der Waals surface area contributed by atoms with Crippen molar-refractivity contribution in [3.63, 3.8) is 0 Å². The molecule has 0 unspecified atom stereocenters. The Bertz CT molecular complexity index is 860. The van der Waals surface area contributed by atoms with Gasteiger partial charge in [-0.25, -0.2) is 0 Å². The lowest BCUT2D eigenvalue weighted by atomic mass is 10.0. The van der Waals surface area contributed by atoms with Crippen LogP contribution in [0.3, 0.4) is 0 Å². The lowest BCUT2D eigenvalue weighted by molar-refractivity contribution is 0.103. The summed E-state index contributed by atoms with van der Waals surface area (Å²) in [6, 6.07) is 1.55. The van der Waals surface area contributed by atoms with Crippen molar-refractivity contribution in [3.8, 4) is 0 Å². The van der Waals surface area contributed by atoms with E-state index in [0.717, 1.165) is 5.82 Å². The number of Topliss-reactive ketones (excluding diaryl/α,β-unsaturated/α-hetero) is 1. The molecule has 0 bridgehead atoms. The van der Waals surface area contributed by atoms with Crippen LogP contribution in [0.4, 0.5) is 0 Å². The summed E-state index contributed by atoms with van der Waals surface area (Å²) in [5.74, 6) is 0.497. The summed E-state index contributed by atoms with van der Waals surface area (Å²) < 4.78 is 1.74. The molecule has 0 aliphatic carbocycles. The van der Waals surface area contributed by atoms with Crippen molar-refractivity contribution < 1.29 is 9.90 Å². The number of hydrogen-bond acceptors (Lipinski definition) is 7. The number of carbonyl (C=O) groups excluding carboxylic acids is 1. The van der Waals surface area contributed by atoms with Crippen LogP contribution in [0.5, 0.6) is 0 Å². The average molecular weight is 382 g/mol. The number of thioether (sulfide) groups is 1. The summed E-state index contributed by atoms with van der Waals surface area (Å²) in [4.78, 5) is 12.7. The maximum absolute atomic E-state index is 12.7. The number of hydrogen-bond donors (Lipinski definition) is 3. The summed E-state index contributed by atoms with van der Waals surface area (Å²) in [5, 5.41) is 28.9. The second kappa shape index (κ2) is 7.88. The van der Waals surface area contributed by atoms with Crippen LogP contribution in [0.1, 0.15) is 37.0 Å². The summed E-state index contributed by atoms with van der Waals surface area (Å²) in [7, 11) is 1.47. The van der Waals surface area contributed by atoms with E-state index in [2.05, 4.69) is 29.4 Å². The van der Waals surface area contributed by atoms with Crippen LogP contribution in [0.25, 0.3) is 5.65 Å². The standard InChI is InChI=1S/C16H20ClN5O2S/c1-8(2)25-7-11-20-21-15-13(17)10(5-6-22(11)15)14(23)12(9(3)18)16(24)19-4/h5-6,8,18-19,24H,7H2,1-4H3/b16-12-,18-9?. The first kappa shape index (κ1) is 19.3. The van der Waals surface area contributed by atoms with E-state index in [0.29, 0.717) is 16.6 Å². The molecule has 2 heterocycles. The highest BCUT2D eigenvalue weighted by molar-refractivity contribution is 7.99. The molecular formula is C16H20ClN5O2S. The first-order chi connectivity index (χ1) is 11.8. The van der Waals surface area contributed by atoms with Gasteiger partial charge in [-0.3, -0.25) is 9.20 Å². The van der Waals surface area contributed by atoms with E-state index >= 15 is 0 Å². The third-order valence-corrected chi connectivity index (χ3v) is 4.92. The van der Waals surface area contributed by atoms with E-state index in [1.807, 2.05) is 0 Å². The first-order valence-corrected chi connectivity index (χ1v) is 9.05. The molecule has 2 aromatic rings. The van der Waals surface area contributed by atoms with Gasteiger partial charge >= 0.3 is 0 Å². The van der Waals surface area contributed by atoms with Gasteiger partial charge in [0.2, 0.25) is 5.78 Å². The number of ketones is 1. The number of aliphatic hydroxyl groups excluding tert-OH is 1. The highest BCUT2D eigenvalue weighted by Crippen LogP contribution is 2.26. The molecule has 0 spiro atoms. The number of fused-ring (bicyclic) bond motifs is 1. The Hall–Kier alpha value is -2.06. The van der Waals surface area contributed by atoms with Crippen molar-refractivity contribution in [2.24, 2.45) is 0 Å². The molecule has 0 saturated carbocycles. The topological polar surface area (TPSA) is 103 Å². The maximum atomic E-state index is 12.7. The van der Waals surface area contributed by atoms with Crippen LogP contribution in [0.15, 0.2) is 23.7 Å². The minimum atomic E-state index is -0.548. The second-order valence-corrected chi connectivity index (χ2v) is 7.58. The van der Waals surface area contributed by atoms with E-state index in [9.17, 15) is 9.90 Å². The predicted molar refractivity (Wildman–Crippen MR) is 101 cm³/mol. The van der Waals surface area contributed by atoms with Crippen LogP contribution in [0, 0.1) is 5.41 Å². The third kappa shape index (κ3) is 3.96. The van der Waals surface area contributed by atoms with Gasteiger partial charge in [-0.2, -0.15) is 11.8 Å². The Kier molecular flexibility index (Phi) is 6.07. The van der Waals surface area contributed by atoms with Gasteiger partial charge in [-0.15, -0.1) is 10.2 Å². The maximum Gasteiger partial charge on any atom is 0.201 e. The molecule has 134 valence electrons. The molecule has 2 rings (SSSR count). The number of rotatable bonds is 7. The molecule has 0 aliphatic rings. The second-order valence-electron chi connectivity index (χ2n) is 5.64. The number of carbonyl (C=O) groups is 1.